The van der Waals surface area contributed by atoms with Gasteiger partial charge in [0.25, 0.3) is 0 Å². The Morgan fingerprint density at radius 2 is 1.80 bits per heavy atom. The molecule has 1 aliphatic rings. The van der Waals surface area contributed by atoms with E-state index in [-0.39, 0.29) is 17.8 Å². The van der Waals surface area contributed by atoms with Crippen LogP contribution in [-0.4, -0.2) is 32.5 Å². The zero-order valence-corrected chi connectivity index (χ0v) is 11.0. The molecule has 0 aliphatic carbocycles. The number of rotatable bonds is 6. The van der Waals surface area contributed by atoms with Crippen LogP contribution < -0.4 is 5.32 Å². The van der Waals surface area contributed by atoms with Crippen LogP contribution in [0.4, 0.5) is 17.6 Å². The van der Waals surface area contributed by atoms with Crippen LogP contribution in [0.5, 0.6) is 0 Å². The molecule has 0 bridgehead atoms. The van der Waals surface area contributed by atoms with Crippen molar-refractivity contribution in [3.05, 3.63) is 35.6 Å². The highest BCUT2D eigenvalue weighted by Crippen LogP contribution is 2.33. The Kier molecular flexibility index (Phi) is 4.65. The number of alkyl halides is 3. The average molecular weight is 291 g/mol. The quantitative estimate of drug-likeness (QED) is 0.642. The first kappa shape index (κ1) is 15.3. The van der Waals surface area contributed by atoms with Crippen LogP contribution in [0.2, 0.25) is 0 Å². The zero-order valence-electron chi connectivity index (χ0n) is 11.0. The molecule has 6 heteroatoms. The molecule has 0 saturated carbocycles. The van der Waals surface area contributed by atoms with E-state index in [2.05, 4.69) is 10.1 Å². The molecule has 0 unspecified atom stereocenters. The Bertz CT molecular complexity index is 426. The Hall–Kier alpha value is -1.14. The average Bonchev–Trinajstić information content (AvgIpc) is 2.32. The fourth-order valence-corrected chi connectivity index (χ4v) is 2.46. The lowest BCUT2D eigenvalue weighted by Crippen LogP contribution is -2.56. The number of hydrogen-bond acceptors (Lipinski definition) is 2. The summed E-state index contributed by atoms with van der Waals surface area (Å²) in [6.07, 6.45) is -2.99. The van der Waals surface area contributed by atoms with Crippen LogP contribution >= 0.6 is 0 Å². The Labute approximate surface area is 115 Å². The van der Waals surface area contributed by atoms with Crippen molar-refractivity contribution >= 4 is 0 Å². The summed E-state index contributed by atoms with van der Waals surface area (Å²) in [5.41, 5.74) is 0.920. The minimum atomic E-state index is -4.27. The molecule has 1 N–H and O–H groups in total. The largest absolute Gasteiger partial charge is 0.411 e. The van der Waals surface area contributed by atoms with E-state index >= 15 is 0 Å². The van der Waals surface area contributed by atoms with Crippen molar-refractivity contribution in [3.63, 3.8) is 0 Å². The van der Waals surface area contributed by atoms with Crippen LogP contribution in [0, 0.1) is 5.82 Å². The van der Waals surface area contributed by atoms with Gasteiger partial charge < -0.3 is 10.1 Å². The molecular formula is C14H17F4NO. The lowest BCUT2D eigenvalue weighted by molar-refractivity contribution is -0.174. The summed E-state index contributed by atoms with van der Waals surface area (Å²) in [6, 6.07) is 6.31. The molecule has 2 rings (SSSR count). The highest BCUT2D eigenvalue weighted by Gasteiger charge is 2.38. The number of benzene rings is 1. The van der Waals surface area contributed by atoms with Crippen molar-refractivity contribution in [1.29, 1.82) is 0 Å². The van der Waals surface area contributed by atoms with Crippen LogP contribution in [-0.2, 0) is 10.2 Å². The zero-order chi connectivity index (χ0) is 14.6. The van der Waals surface area contributed by atoms with Crippen LogP contribution in [0.1, 0.15) is 18.4 Å². The summed E-state index contributed by atoms with van der Waals surface area (Å²) in [4.78, 5) is 0. The van der Waals surface area contributed by atoms with Crippen LogP contribution in [0.3, 0.4) is 0 Å². The second-order valence-corrected chi connectivity index (χ2v) is 5.16. The molecule has 0 atom stereocenters. The van der Waals surface area contributed by atoms with Gasteiger partial charge in [0, 0.05) is 25.1 Å². The van der Waals surface area contributed by atoms with E-state index in [1.807, 2.05) is 0 Å². The number of nitrogens with one attached hydrogen (secondary N) is 1. The van der Waals surface area contributed by atoms with Crippen molar-refractivity contribution < 1.29 is 22.3 Å². The van der Waals surface area contributed by atoms with E-state index in [9.17, 15) is 17.6 Å². The molecule has 1 aromatic rings. The molecular weight excluding hydrogens is 274 g/mol. The van der Waals surface area contributed by atoms with Gasteiger partial charge in [-0.1, -0.05) is 12.1 Å². The third-order valence-electron chi connectivity index (χ3n) is 3.59. The van der Waals surface area contributed by atoms with Crippen LogP contribution in [0.25, 0.3) is 0 Å². The van der Waals surface area contributed by atoms with E-state index in [4.69, 9.17) is 0 Å². The van der Waals surface area contributed by atoms with Crippen molar-refractivity contribution in [2.45, 2.75) is 24.4 Å². The predicted molar refractivity (Wildman–Crippen MR) is 67.1 cm³/mol. The number of ether oxygens (including phenoxy) is 1. The first-order valence-electron chi connectivity index (χ1n) is 6.53. The second kappa shape index (κ2) is 6.10. The molecule has 112 valence electrons. The van der Waals surface area contributed by atoms with E-state index in [0.717, 1.165) is 25.1 Å². The lowest BCUT2D eigenvalue weighted by atomic mass is 9.72. The van der Waals surface area contributed by atoms with Gasteiger partial charge in [0.2, 0.25) is 0 Å². The highest BCUT2D eigenvalue weighted by atomic mass is 19.4. The summed E-state index contributed by atoms with van der Waals surface area (Å²) in [6.45, 7) is 0.410. The van der Waals surface area contributed by atoms with Crippen molar-refractivity contribution in [2.75, 3.05) is 26.3 Å². The third kappa shape index (κ3) is 3.93. The maximum Gasteiger partial charge on any atom is 0.411 e. The van der Waals surface area contributed by atoms with Crippen molar-refractivity contribution in [1.82, 2.24) is 5.32 Å². The number of halogens is 4. The van der Waals surface area contributed by atoms with Gasteiger partial charge in [0.15, 0.2) is 0 Å². The molecule has 1 fully saturated rings. The molecule has 20 heavy (non-hydrogen) atoms. The topological polar surface area (TPSA) is 21.3 Å². The molecule has 0 spiro atoms. The van der Waals surface area contributed by atoms with Gasteiger partial charge in [-0.15, -0.1) is 0 Å². The molecule has 1 saturated heterocycles. The summed E-state index contributed by atoms with van der Waals surface area (Å²) >= 11 is 0. The number of hydrogen-bond donors (Lipinski definition) is 1. The first-order chi connectivity index (χ1) is 9.41. The minimum absolute atomic E-state index is 0.0858. The summed E-state index contributed by atoms with van der Waals surface area (Å²) < 4.78 is 53.3. The molecule has 0 radical (unpaired) electrons. The molecule has 0 aromatic heterocycles. The van der Waals surface area contributed by atoms with Gasteiger partial charge in [0.1, 0.15) is 12.4 Å². The van der Waals surface area contributed by atoms with E-state index < -0.39 is 12.8 Å². The lowest BCUT2D eigenvalue weighted by Gasteiger charge is -2.43. The van der Waals surface area contributed by atoms with Gasteiger partial charge in [-0.25, -0.2) is 4.39 Å². The summed E-state index contributed by atoms with van der Waals surface area (Å²) in [5, 5.41) is 3.17. The molecule has 0 amide bonds. The Morgan fingerprint density at radius 1 is 1.15 bits per heavy atom. The monoisotopic (exact) mass is 291 g/mol. The first-order valence-corrected chi connectivity index (χ1v) is 6.53. The molecule has 1 aliphatic heterocycles. The normalized spacial score (nSPS) is 17.8. The minimum Gasteiger partial charge on any atom is -0.372 e. The summed E-state index contributed by atoms with van der Waals surface area (Å²) in [7, 11) is 0. The fourth-order valence-electron chi connectivity index (χ4n) is 2.46. The maximum absolute atomic E-state index is 12.9. The Balaban J connectivity index is 1.82. The smallest absolute Gasteiger partial charge is 0.372 e. The molecule has 1 heterocycles. The SMILES string of the molecule is Fc1ccc(C2(CCCOCC(F)(F)F)CNC2)cc1. The van der Waals surface area contributed by atoms with Crippen molar-refractivity contribution in [3.8, 4) is 0 Å². The Morgan fingerprint density at radius 3 is 2.30 bits per heavy atom. The highest BCUT2D eigenvalue weighted by molar-refractivity contribution is 5.30. The fraction of sp³-hybridized carbons (Fsp3) is 0.571. The predicted octanol–water partition coefficient (Wildman–Crippen LogP) is 3.03. The standard InChI is InChI=1S/C14H17F4NO/c15-12-4-2-11(3-5-12)13(8-19-9-13)6-1-7-20-10-14(16,17)18/h2-5,19H,1,6-10H2. The molecule has 1 aromatic carbocycles. The van der Waals surface area contributed by atoms with Gasteiger partial charge in [-0.05, 0) is 30.5 Å². The van der Waals surface area contributed by atoms with E-state index in [0.29, 0.717) is 6.42 Å². The molecule has 2 nitrogen and oxygen atoms in total. The summed E-state index contributed by atoms with van der Waals surface area (Å²) in [5.74, 6) is -0.287. The van der Waals surface area contributed by atoms with Gasteiger partial charge >= 0.3 is 6.18 Å². The van der Waals surface area contributed by atoms with Crippen molar-refractivity contribution in [2.24, 2.45) is 0 Å². The van der Waals surface area contributed by atoms with E-state index in [1.165, 1.54) is 12.1 Å². The van der Waals surface area contributed by atoms with Crippen LogP contribution in [0.15, 0.2) is 24.3 Å². The van der Waals surface area contributed by atoms with E-state index in [1.54, 1.807) is 12.1 Å². The third-order valence-corrected chi connectivity index (χ3v) is 3.59. The van der Waals surface area contributed by atoms with Gasteiger partial charge in [-0.3, -0.25) is 0 Å². The van der Waals surface area contributed by atoms with Gasteiger partial charge in [0.05, 0.1) is 0 Å². The maximum atomic E-state index is 12.9. The van der Waals surface area contributed by atoms with Gasteiger partial charge in [-0.2, -0.15) is 13.2 Å². The second-order valence-electron chi connectivity index (χ2n) is 5.16.